The molecule has 128 valence electrons. The van der Waals surface area contributed by atoms with E-state index < -0.39 is 10.0 Å². The molecular formula is C17H26N2O3S. The maximum absolute atomic E-state index is 12.4. The highest BCUT2D eigenvalue weighted by molar-refractivity contribution is 7.89. The van der Waals surface area contributed by atoms with Crippen molar-refractivity contribution in [3.8, 4) is 0 Å². The summed E-state index contributed by atoms with van der Waals surface area (Å²) in [6.07, 6.45) is 3.22. The van der Waals surface area contributed by atoms with E-state index in [9.17, 15) is 13.2 Å². The third kappa shape index (κ3) is 4.91. The quantitative estimate of drug-likeness (QED) is 0.685. The summed E-state index contributed by atoms with van der Waals surface area (Å²) >= 11 is 0. The standard InChI is InChI=1S/C17H26N2O3S/c1-5-18(6-2)17(20)14-11-15-9-12-16(13-10-15)23(21,22)19(7-3)8-4/h9-14H,5-8H2,1-4H3/b14-11+. The third-order valence-corrected chi connectivity index (χ3v) is 5.78. The second-order valence-corrected chi connectivity index (χ2v) is 6.94. The number of nitrogens with zero attached hydrogens (tertiary/aromatic N) is 2. The molecule has 0 N–H and O–H groups in total. The monoisotopic (exact) mass is 338 g/mol. The van der Waals surface area contributed by atoms with Crippen molar-refractivity contribution >= 4 is 22.0 Å². The topological polar surface area (TPSA) is 57.7 Å². The molecule has 0 aliphatic heterocycles. The van der Waals surface area contributed by atoms with Crippen LogP contribution in [-0.4, -0.2) is 49.7 Å². The van der Waals surface area contributed by atoms with Crippen LogP contribution in [0, 0.1) is 0 Å². The minimum absolute atomic E-state index is 0.0464. The second-order valence-electron chi connectivity index (χ2n) is 5.00. The average Bonchev–Trinajstić information content (AvgIpc) is 2.55. The summed E-state index contributed by atoms with van der Waals surface area (Å²) in [5.41, 5.74) is 0.795. The van der Waals surface area contributed by atoms with Gasteiger partial charge in [-0.15, -0.1) is 0 Å². The fourth-order valence-corrected chi connectivity index (χ4v) is 3.73. The van der Waals surface area contributed by atoms with E-state index in [0.717, 1.165) is 5.56 Å². The summed E-state index contributed by atoms with van der Waals surface area (Å²) in [5, 5.41) is 0. The molecule has 0 aliphatic carbocycles. The molecule has 23 heavy (non-hydrogen) atoms. The van der Waals surface area contributed by atoms with Crippen LogP contribution < -0.4 is 0 Å². The minimum atomic E-state index is -3.44. The van der Waals surface area contributed by atoms with Gasteiger partial charge in [0.15, 0.2) is 0 Å². The van der Waals surface area contributed by atoms with Gasteiger partial charge in [0.2, 0.25) is 15.9 Å². The molecule has 1 aromatic rings. The summed E-state index contributed by atoms with van der Waals surface area (Å²) in [4.78, 5) is 13.9. The fraction of sp³-hybridized carbons (Fsp3) is 0.471. The van der Waals surface area contributed by atoms with Crippen LogP contribution in [0.5, 0.6) is 0 Å². The van der Waals surface area contributed by atoms with Gasteiger partial charge >= 0.3 is 0 Å². The zero-order chi connectivity index (χ0) is 17.5. The summed E-state index contributed by atoms with van der Waals surface area (Å²) in [7, 11) is -3.44. The van der Waals surface area contributed by atoms with Crippen LogP contribution in [0.2, 0.25) is 0 Å². The molecular weight excluding hydrogens is 312 g/mol. The van der Waals surface area contributed by atoms with Crippen LogP contribution in [0.15, 0.2) is 35.2 Å². The Balaban J connectivity index is 2.91. The Hall–Kier alpha value is -1.66. The van der Waals surface area contributed by atoms with E-state index in [2.05, 4.69) is 0 Å². The molecule has 0 bridgehead atoms. The highest BCUT2D eigenvalue weighted by Crippen LogP contribution is 2.16. The Morgan fingerprint density at radius 3 is 1.91 bits per heavy atom. The largest absolute Gasteiger partial charge is 0.340 e. The van der Waals surface area contributed by atoms with Gasteiger partial charge in [-0.3, -0.25) is 4.79 Å². The van der Waals surface area contributed by atoms with Gasteiger partial charge in [-0.25, -0.2) is 8.42 Å². The maximum atomic E-state index is 12.4. The van der Waals surface area contributed by atoms with Gasteiger partial charge in [0.25, 0.3) is 0 Å². The first-order valence-corrected chi connectivity index (χ1v) is 9.41. The van der Waals surface area contributed by atoms with Gasteiger partial charge in [0.1, 0.15) is 0 Å². The molecule has 1 aromatic carbocycles. The van der Waals surface area contributed by atoms with Crippen LogP contribution in [0.1, 0.15) is 33.3 Å². The molecule has 6 heteroatoms. The van der Waals surface area contributed by atoms with Crippen molar-refractivity contribution in [1.29, 1.82) is 0 Å². The molecule has 0 aromatic heterocycles. The number of sulfonamides is 1. The van der Waals surface area contributed by atoms with Crippen molar-refractivity contribution in [2.24, 2.45) is 0 Å². The van der Waals surface area contributed by atoms with Crippen molar-refractivity contribution in [3.63, 3.8) is 0 Å². The second kappa shape index (κ2) is 8.84. The van der Waals surface area contributed by atoms with Crippen LogP contribution in [0.25, 0.3) is 6.08 Å². The van der Waals surface area contributed by atoms with E-state index in [-0.39, 0.29) is 10.8 Å². The normalized spacial score (nSPS) is 12.0. The Bertz CT molecular complexity index is 628. The zero-order valence-corrected chi connectivity index (χ0v) is 15.1. The highest BCUT2D eigenvalue weighted by atomic mass is 32.2. The average molecular weight is 338 g/mol. The molecule has 0 fully saturated rings. The van der Waals surface area contributed by atoms with Crippen LogP contribution in [0.3, 0.4) is 0 Å². The number of rotatable bonds is 8. The zero-order valence-electron chi connectivity index (χ0n) is 14.3. The molecule has 0 unspecified atom stereocenters. The molecule has 0 heterocycles. The first-order chi connectivity index (χ1) is 10.9. The Labute approximate surface area is 139 Å². The molecule has 0 radical (unpaired) electrons. The van der Waals surface area contributed by atoms with Crippen molar-refractivity contribution in [2.75, 3.05) is 26.2 Å². The number of hydrogen-bond acceptors (Lipinski definition) is 3. The van der Waals surface area contributed by atoms with Crippen molar-refractivity contribution in [2.45, 2.75) is 32.6 Å². The summed E-state index contributed by atoms with van der Waals surface area (Å²) in [6, 6.07) is 6.58. The van der Waals surface area contributed by atoms with Gasteiger partial charge in [0.05, 0.1) is 4.90 Å². The van der Waals surface area contributed by atoms with Crippen molar-refractivity contribution in [1.82, 2.24) is 9.21 Å². The molecule has 1 rings (SSSR count). The van der Waals surface area contributed by atoms with Gasteiger partial charge in [-0.05, 0) is 37.6 Å². The number of carbonyl (C=O) groups excluding carboxylic acids is 1. The van der Waals surface area contributed by atoms with E-state index in [1.165, 1.54) is 10.4 Å². The maximum Gasteiger partial charge on any atom is 0.246 e. The number of carbonyl (C=O) groups is 1. The lowest BCUT2D eigenvalue weighted by Gasteiger charge is -2.18. The predicted octanol–water partition coefficient (Wildman–Crippen LogP) is 2.60. The molecule has 0 atom stereocenters. The van der Waals surface area contributed by atoms with Gasteiger partial charge < -0.3 is 4.90 Å². The lowest BCUT2D eigenvalue weighted by Crippen LogP contribution is -2.30. The number of amides is 1. The van der Waals surface area contributed by atoms with Gasteiger partial charge in [0, 0.05) is 32.3 Å². The number of likely N-dealkylation sites (N-methyl/N-ethyl adjacent to an activating group) is 1. The van der Waals surface area contributed by atoms with E-state index in [4.69, 9.17) is 0 Å². The molecule has 0 aliphatic rings. The van der Waals surface area contributed by atoms with Crippen LogP contribution in [-0.2, 0) is 14.8 Å². The van der Waals surface area contributed by atoms with Crippen molar-refractivity contribution in [3.05, 3.63) is 35.9 Å². The summed E-state index contributed by atoms with van der Waals surface area (Å²) in [5.74, 6) is -0.0464. The van der Waals surface area contributed by atoms with Crippen molar-refractivity contribution < 1.29 is 13.2 Å². The smallest absolute Gasteiger partial charge is 0.246 e. The predicted molar refractivity (Wildman–Crippen MR) is 93.5 cm³/mol. The fourth-order valence-electron chi connectivity index (χ4n) is 2.27. The summed E-state index contributed by atoms with van der Waals surface area (Å²) < 4.78 is 26.2. The first kappa shape index (κ1) is 19.4. The van der Waals surface area contributed by atoms with E-state index in [1.807, 2.05) is 27.7 Å². The van der Waals surface area contributed by atoms with E-state index in [0.29, 0.717) is 26.2 Å². The number of hydrogen-bond donors (Lipinski definition) is 0. The molecule has 5 nitrogen and oxygen atoms in total. The highest BCUT2D eigenvalue weighted by Gasteiger charge is 2.20. The van der Waals surface area contributed by atoms with E-state index >= 15 is 0 Å². The first-order valence-electron chi connectivity index (χ1n) is 7.97. The molecule has 0 saturated carbocycles. The summed E-state index contributed by atoms with van der Waals surface area (Å²) in [6.45, 7) is 9.72. The molecule has 0 saturated heterocycles. The molecule has 1 amide bonds. The van der Waals surface area contributed by atoms with Crippen LogP contribution >= 0.6 is 0 Å². The molecule has 0 spiro atoms. The van der Waals surface area contributed by atoms with Gasteiger partial charge in [-0.2, -0.15) is 4.31 Å². The third-order valence-electron chi connectivity index (χ3n) is 3.72. The minimum Gasteiger partial charge on any atom is -0.340 e. The lowest BCUT2D eigenvalue weighted by molar-refractivity contribution is -0.125. The van der Waals surface area contributed by atoms with Crippen LogP contribution in [0.4, 0.5) is 0 Å². The number of benzene rings is 1. The SMILES string of the molecule is CCN(CC)C(=O)/C=C/c1ccc(S(=O)(=O)N(CC)CC)cc1. The Morgan fingerprint density at radius 1 is 0.957 bits per heavy atom. The lowest BCUT2D eigenvalue weighted by atomic mass is 10.2. The van der Waals surface area contributed by atoms with E-state index in [1.54, 1.807) is 35.2 Å². The Morgan fingerprint density at radius 2 is 1.48 bits per heavy atom. The Kier molecular flexibility index (Phi) is 7.45. The van der Waals surface area contributed by atoms with Gasteiger partial charge in [-0.1, -0.05) is 26.0 Å².